The van der Waals surface area contributed by atoms with Crippen LogP contribution in [0.3, 0.4) is 0 Å². The lowest BCUT2D eigenvalue weighted by atomic mass is 10.1. The van der Waals surface area contributed by atoms with E-state index in [1.165, 1.54) is 24.3 Å². The first-order valence-electron chi connectivity index (χ1n) is 4.76. The fraction of sp³-hybridized carbons (Fsp3) is 0.273. The SMILES string of the molecule is COC(=O)c1ccccc1C(=O)OCC(F)(F)F. The van der Waals surface area contributed by atoms with Gasteiger partial charge in [0.25, 0.3) is 0 Å². The van der Waals surface area contributed by atoms with Gasteiger partial charge in [0.15, 0.2) is 6.61 Å². The van der Waals surface area contributed by atoms with Crippen molar-refractivity contribution in [2.45, 2.75) is 6.18 Å². The minimum atomic E-state index is -4.62. The van der Waals surface area contributed by atoms with Crippen LogP contribution in [0.25, 0.3) is 0 Å². The highest BCUT2D eigenvalue weighted by Crippen LogP contribution is 2.17. The van der Waals surface area contributed by atoms with Crippen molar-refractivity contribution in [2.24, 2.45) is 0 Å². The number of esters is 2. The third-order valence-electron chi connectivity index (χ3n) is 1.92. The minimum absolute atomic E-state index is 0.146. The number of hydrogen-bond donors (Lipinski definition) is 0. The normalized spacial score (nSPS) is 10.9. The van der Waals surface area contributed by atoms with Crippen LogP contribution in [0.2, 0.25) is 0 Å². The summed E-state index contributed by atoms with van der Waals surface area (Å²) in [5.41, 5.74) is -0.416. The van der Waals surface area contributed by atoms with Gasteiger partial charge in [-0.3, -0.25) is 0 Å². The Bertz CT molecular complexity index is 454. The number of rotatable bonds is 3. The summed E-state index contributed by atoms with van der Waals surface area (Å²) < 4.78 is 44.1. The smallest absolute Gasteiger partial charge is 0.422 e. The quantitative estimate of drug-likeness (QED) is 0.783. The van der Waals surface area contributed by atoms with Crippen molar-refractivity contribution in [3.63, 3.8) is 0 Å². The zero-order chi connectivity index (χ0) is 13.8. The maximum atomic E-state index is 11.9. The van der Waals surface area contributed by atoms with E-state index in [0.29, 0.717) is 0 Å². The summed E-state index contributed by atoms with van der Waals surface area (Å²) >= 11 is 0. The van der Waals surface area contributed by atoms with Gasteiger partial charge in [-0.15, -0.1) is 0 Å². The molecule has 0 N–H and O–H groups in total. The van der Waals surface area contributed by atoms with Gasteiger partial charge in [-0.05, 0) is 12.1 Å². The summed E-state index contributed by atoms with van der Waals surface area (Å²) in [6.45, 7) is -1.71. The average Bonchev–Trinajstić information content (AvgIpc) is 2.34. The summed E-state index contributed by atoms with van der Waals surface area (Å²) in [5.74, 6) is -2.05. The number of ether oxygens (including phenoxy) is 2. The van der Waals surface area contributed by atoms with E-state index in [4.69, 9.17) is 0 Å². The highest BCUT2D eigenvalue weighted by molar-refractivity contribution is 6.03. The monoisotopic (exact) mass is 262 g/mol. The summed E-state index contributed by atoms with van der Waals surface area (Å²) in [6, 6.07) is 5.30. The molecule has 7 heteroatoms. The summed E-state index contributed by atoms with van der Waals surface area (Å²) in [6.07, 6.45) is -4.62. The maximum Gasteiger partial charge on any atom is 0.422 e. The van der Waals surface area contributed by atoms with Gasteiger partial charge in [0.2, 0.25) is 0 Å². The lowest BCUT2D eigenvalue weighted by Crippen LogP contribution is -2.21. The molecule has 0 spiro atoms. The Morgan fingerprint density at radius 1 is 1.11 bits per heavy atom. The Balaban J connectivity index is 2.89. The van der Waals surface area contributed by atoms with E-state index in [-0.39, 0.29) is 11.1 Å². The Morgan fingerprint density at radius 2 is 1.61 bits per heavy atom. The van der Waals surface area contributed by atoms with Gasteiger partial charge >= 0.3 is 18.1 Å². The molecule has 0 radical (unpaired) electrons. The molecule has 0 aliphatic carbocycles. The molecule has 0 aliphatic heterocycles. The first-order valence-corrected chi connectivity index (χ1v) is 4.76. The topological polar surface area (TPSA) is 52.6 Å². The predicted octanol–water partition coefficient (Wildman–Crippen LogP) is 2.19. The van der Waals surface area contributed by atoms with E-state index in [9.17, 15) is 22.8 Å². The Morgan fingerprint density at radius 3 is 2.06 bits per heavy atom. The molecule has 0 heterocycles. The van der Waals surface area contributed by atoms with Crippen molar-refractivity contribution < 1.29 is 32.2 Å². The molecule has 0 aliphatic rings. The van der Waals surface area contributed by atoms with E-state index in [1.54, 1.807) is 0 Å². The number of alkyl halides is 3. The predicted molar refractivity (Wildman–Crippen MR) is 54.1 cm³/mol. The highest BCUT2D eigenvalue weighted by Gasteiger charge is 2.30. The van der Waals surface area contributed by atoms with E-state index < -0.39 is 24.7 Å². The molecule has 18 heavy (non-hydrogen) atoms. The molecular formula is C11H9F3O4. The largest absolute Gasteiger partial charge is 0.465 e. The van der Waals surface area contributed by atoms with Gasteiger partial charge in [-0.2, -0.15) is 13.2 Å². The van der Waals surface area contributed by atoms with Crippen LogP contribution in [-0.2, 0) is 9.47 Å². The first kappa shape index (κ1) is 14.0. The van der Waals surface area contributed by atoms with Gasteiger partial charge in [0.05, 0.1) is 18.2 Å². The molecular weight excluding hydrogens is 253 g/mol. The second kappa shape index (κ2) is 5.52. The van der Waals surface area contributed by atoms with Gasteiger partial charge in [0.1, 0.15) is 0 Å². The van der Waals surface area contributed by atoms with E-state index in [1.807, 2.05) is 0 Å². The van der Waals surface area contributed by atoms with Crippen molar-refractivity contribution >= 4 is 11.9 Å². The molecule has 0 aromatic heterocycles. The zero-order valence-electron chi connectivity index (χ0n) is 9.28. The lowest BCUT2D eigenvalue weighted by Gasteiger charge is -2.09. The molecule has 0 fully saturated rings. The van der Waals surface area contributed by atoms with Crippen LogP contribution >= 0.6 is 0 Å². The molecule has 0 atom stereocenters. The van der Waals surface area contributed by atoms with Crippen LogP contribution in [0.5, 0.6) is 0 Å². The first-order chi connectivity index (χ1) is 8.35. The Labute approximate surface area is 100 Å². The molecule has 1 rings (SSSR count). The van der Waals surface area contributed by atoms with Crippen molar-refractivity contribution in [1.82, 2.24) is 0 Å². The number of hydrogen-bond acceptors (Lipinski definition) is 4. The van der Waals surface area contributed by atoms with Gasteiger partial charge in [-0.25, -0.2) is 9.59 Å². The Kier molecular flexibility index (Phi) is 4.30. The highest BCUT2D eigenvalue weighted by atomic mass is 19.4. The standard InChI is InChI=1S/C11H9F3O4/c1-17-9(15)7-4-2-3-5-8(7)10(16)18-6-11(12,13)14/h2-5H,6H2,1H3. The molecule has 0 saturated heterocycles. The molecule has 98 valence electrons. The third-order valence-corrected chi connectivity index (χ3v) is 1.92. The number of benzene rings is 1. The second-order valence-corrected chi connectivity index (χ2v) is 3.23. The molecule has 0 saturated carbocycles. The summed E-state index contributed by atoms with van der Waals surface area (Å²) in [5, 5.41) is 0. The van der Waals surface area contributed by atoms with E-state index >= 15 is 0 Å². The van der Waals surface area contributed by atoms with Crippen LogP contribution in [-0.4, -0.2) is 31.8 Å². The van der Waals surface area contributed by atoms with Crippen molar-refractivity contribution in [3.8, 4) is 0 Å². The van der Waals surface area contributed by atoms with Crippen molar-refractivity contribution in [2.75, 3.05) is 13.7 Å². The number of methoxy groups -OCH3 is 1. The number of carbonyl (C=O) groups is 2. The molecule has 1 aromatic carbocycles. The summed E-state index contributed by atoms with van der Waals surface area (Å²) in [7, 11) is 1.10. The number of halogens is 3. The molecule has 1 aromatic rings. The number of carbonyl (C=O) groups excluding carboxylic acids is 2. The van der Waals surface area contributed by atoms with Gasteiger partial charge in [-0.1, -0.05) is 12.1 Å². The Hall–Kier alpha value is -2.05. The van der Waals surface area contributed by atoms with E-state index in [2.05, 4.69) is 9.47 Å². The van der Waals surface area contributed by atoms with Crippen LogP contribution in [0.15, 0.2) is 24.3 Å². The molecule has 4 nitrogen and oxygen atoms in total. The van der Waals surface area contributed by atoms with Crippen LogP contribution in [0.4, 0.5) is 13.2 Å². The zero-order valence-corrected chi connectivity index (χ0v) is 9.28. The van der Waals surface area contributed by atoms with Crippen molar-refractivity contribution in [1.29, 1.82) is 0 Å². The third kappa shape index (κ3) is 3.76. The van der Waals surface area contributed by atoms with Crippen LogP contribution in [0, 0.1) is 0 Å². The average molecular weight is 262 g/mol. The minimum Gasteiger partial charge on any atom is -0.465 e. The van der Waals surface area contributed by atoms with E-state index in [0.717, 1.165) is 7.11 Å². The second-order valence-electron chi connectivity index (χ2n) is 3.23. The van der Waals surface area contributed by atoms with Gasteiger partial charge in [0, 0.05) is 0 Å². The fourth-order valence-corrected chi connectivity index (χ4v) is 1.17. The van der Waals surface area contributed by atoms with Crippen LogP contribution < -0.4 is 0 Å². The fourth-order valence-electron chi connectivity index (χ4n) is 1.17. The maximum absolute atomic E-state index is 11.9. The molecule has 0 unspecified atom stereocenters. The molecule has 0 amide bonds. The van der Waals surface area contributed by atoms with Crippen LogP contribution in [0.1, 0.15) is 20.7 Å². The molecule has 0 bridgehead atoms. The lowest BCUT2D eigenvalue weighted by molar-refractivity contribution is -0.161. The summed E-state index contributed by atoms with van der Waals surface area (Å²) in [4.78, 5) is 22.7. The van der Waals surface area contributed by atoms with Crippen molar-refractivity contribution in [3.05, 3.63) is 35.4 Å². The van der Waals surface area contributed by atoms with Gasteiger partial charge < -0.3 is 9.47 Å².